The highest BCUT2D eigenvalue weighted by Crippen LogP contribution is 2.22. The zero-order chi connectivity index (χ0) is 27.1. The minimum Gasteiger partial charge on any atom is -0.467 e. The van der Waals surface area contributed by atoms with Crippen molar-refractivity contribution in [3.8, 4) is 11.6 Å². The fourth-order valence-corrected chi connectivity index (χ4v) is 3.46. The Morgan fingerprint density at radius 3 is 2.55 bits per heavy atom. The molecule has 0 aliphatic rings. The van der Waals surface area contributed by atoms with Gasteiger partial charge in [0.2, 0.25) is 5.62 Å². The number of hydrogen-bond donors (Lipinski definition) is 3. The molecular formula is C25H22ClN5O7. The van der Waals surface area contributed by atoms with Crippen molar-refractivity contribution in [3.05, 3.63) is 99.2 Å². The molecule has 2 aromatic carbocycles. The molecule has 1 atom stereocenters. The number of carbonyl (C=O) groups is 2. The summed E-state index contributed by atoms with van der Waals surface area (Å²) in [5.74, 6) is -0.934. The molecule has 196 valence electrons. The Bertz CT molecular complexity index is 1530. The van der Waals surface area contributed by atoms with E-state index in [1.165, 1.54) is 17.0 Å². The highest BCUT2D eigenvalue weighted by molar-refractivity contribution is 6.30. The van der Waals surface area contributed by atoms with Gasteiger partial charge in [-0.05, 0) is 47.1 Å². The second-order valence-electron chi connectivity index (χ2n) is 7.82. The molecule has 0 spiro atoms. The third-order valence-corrected chi connectivity index (χ3v) is 5.51. The Labute approximate surface area is 220 Å². The van der Waals surface area contributed by atoms with Crippen LogP contribution in [0, 0.1) is 0 Å². The monoisotopic (exact) mass is 539 g/mol. The lowest BCUT2D eigenvalue weighted by Crippen LogP contribution is -2.47. The number of methoxy groups -OCH3 is 1. The summed E-state index contributed by atoms with van der Waals surface area (Å²) >= 11 is 5.98. The topological polar surface area (TPSA) is 161 Å². The summed E-state index contributed by atoms with van der Waals surface area (Å²) in [5.41, 5.74) is 0.386. The third-order valence-electron chi connectivity index (χ3n) is 5.26. The highest BCUT2D eigenvalue weighted by Gasteiger charge is 2.23. The maximum Gasteiger partial charge on any atom is 0.330 e. The number of ether oxygens (including phenoxy) is 2. The number of nitrogens with zero attached hydrogens (tertiary/aromatic N) is 3. The van der Waals surface area contributed by atoms with Crippen molar-refractivity contribution >= 4 is 29.2 Å². The van der Waals surface area contributed by atoms with Crippen molar-refractivity contribution < 1.29 is 28.7 Å². The first-order chi connectivity index (χ1) is 18.4. The molecule has 4 rings (SSSR count). The lowest BCUT2D eigenvalue weighted by atomic mass is 10.2. The number of rotatable bonds is 9. The Hall–Kier alpha value is -4.68. The van der Waals surface area contributed by atoms with Gasteiger partial charge >= 0.3 is 5.97 Å². The molecule has 13 heteroatoms. The molecule has 0 aliphatic carbocycles. The molecule has 0 radical (unpaired) electrons. The maximum absolute atomic E-state index is 13.4. The molecule has 12 nitrogen and oxygen atoms in total. The van der Waals surface area contributed by atoms with Gasteiger partial charge in [0.25, 0.3) is 17.3 Å². The van der Waals surface area contributed by atoms with Gasteiger partial charge in [0, 0.05) is 17.3 Å². The molecule has 0 aliphatic heterocycles. The molecule has 3 N–H and O–H groups in total. The number of hydrogen-bond acceptors (Lipinski definition) is 9. The summed E-state index contributed by atoms with van der Waals surface area (Å²) in [7, 11) is 1.12. The first kappa shape index (κ1) is 26.4. The van der Waals surface area contributed by atoms with E-state index in [0.29, 0.717) is 22.3 Å². The third kappa shape index (κ3) is 6.35. The number of aromatic nitrogens is 3. The smallest absolute Gasteiger partial charge is 0.330 e. The fourth-order valence-electron chi connectivity index (χ4n) is 3.34. The van der Waals surface area contributed by atoms with Gasteiger partial charge in [0.05, 0.1) is 25.9 Å². The minimum atomic E-state index is -1.33. The second kappa shape index (κ2) is 12.0. The highest BCUT2D eigenvalue weighted by atomic mass is 35.5. The van der Waals surface area contributed by atoms with Crippen LogP contribution in [0.15, 0.2) is 81.4 Å². The lowest BCUT2D eigenvalue weighted by Gasteiger charge is -2.14. The maximum atomic E-state index is 13.4. The van der Waals surface area contributed by atoms with Gasteiger partial charge in [-0.2, -0.15) is 0 Å². The van der Waals surface area contributed by atoms with Crippen LogP contribution in [0.2, 0.25) is 5.02 Å². The molecule has 4 aromatic rings. The average Bonchev–Trinajstić information content (AvgIpc) is 3.44. The fraction of sp³-hybridized carbons (Fsp3) is 0.160. The SMILES string of the molecule is COC(=O)[C@H](CO)NC(=O)c1c[nH]/c(=N\c2ccc(Oc3ccon3)cc2)n(Cc2ccc(Cl)cc2)c1=O. The van der Waals surface area contributed by atoms with Crippen molar-refractivity contribution in [2.75, 3.05) is 13.7 Å². The largest absolute Gasteiger partial charge is 0.467 e. The molecular weight excluding hydrogens is 518 g/mol. The quantitative estimate of drug-likeness (QED) is 0.273. The number of amides is 1. The number of aliphatic hydroxyl groups excluding tert-OH is 1. The molecule has 2 heterocycles. The van der Waals surface area contributed by atoms with Crippen LogP contribution in [0.3, 0.4) is 0 Å². The Balaban J connectivity index is 1.70. The molecule has 38 heavy (non-hydrogen) atoms. The van der Waals surface area contributed by atoms with Gasteiger partial charge < -0.3 is 29.4 Å². The van der Waals surface area contributed by atoms with Crippen LogP contribution in [0.1, 0.15) is 15.9 Å². The van der Waals surface area contributed by atoms with Crippen LogP contribution in [0.4, 0.5) is 5.69 Å². The summed E-state index contributed by atoms with van der Waals surface area (Å²) in [6, 6.07) is 13.7. The molecule has 0 saturated carbocycles. The van der Waals surface area contributed by atoms with Crippen molar-refractivity contribution in [1.82, 2.24) is 20.0 Å². The van der Waals surface area contributed by atoms with Gasteiger partial charge in [-0.15, -0.1) is 0 Å². The van der Waals surface area contributed by atoms with Gasteiger partial charge in [0.15, 0.2) is 6.04 Å². The van der Waals surface area contributed by atoms with E-state index in [0.717, 1.165) is 12.7 Å². The summed E-state index contributed by atoms with van der Waals surface area (Å²) in [6.45, 7) is -0.648. The number of H-pyrrole nitrogens is 1. The molecule has 2 aromatic heterocycles. The van der Waals surface area contributed by atoms with E-state index >= 15 is 0 Å². The standard InChI is InChI=1S/C25H22ClN5O7/c1-36-24(35)20(14-32)29-22(33)19-12-27-25(31(23(19)34)13-15-2-4-16(26)5-3-15)28-17-6-8-18(9-7-17)38-21-10-11-37-30-21/h2-12,20,32H,13-14H2,1H3,(H,27,28)(H,29,33)/t20-/m0/s1. The molecule has 0 bridgehead atoms. The summed E-state index contributed by atoms with van der Waals surface area (Å²) < 4.78 is 16.1. The predicted molar refractivity (Wildman–Crippen MR) is 134 cm³/mol. The van der Waals surface area contributed by atoms with Gasteiger partial charge in [-0.25, -0.2) is 9.79 Å². The number of nitrogens with one attached hydrogen (secondary N) is 2. The average molecular weight is 540 g/mol. The zero-order valence-corrected chi connectivity index (χ0v) is 20.7. The number of aliphatic hydroxyl groups is 1. The number of carbonyl (C=O) groups excluding carboxylic acids is 2. The van der Waals surface area contributed by atoms with Gasteiger partial charge in [-0.1, -0.05) is 23.7 Å². The van der Waals surface area contributed by atoms with E-state index < -0.39 is 30.1 Å². The van der Waals surface area contributed by atoms with Crippen LogP contribution in [-0.4, -0.2) is 51.4 Å². The first-order valence-electron chi connectivity index (χ1n) is 11.2. The first-order valence-corrected chi connectivity index (χ1v) is 11.5. The van der Waals surface area contributed by atoms with E-state index in [-0.39, 0.29) is 17.7 Å². The van der Waals surface area contributed by atoms with E-state index in [4.69, 9.17) is 20.9 Å². The minimum absolute atomic E-state index is 0.0558. The van der Waals surface area contributed by atoms with E-state index in [1.807, 2.05) is 0 Å². The van der Waals surface area contributed by atoms with Crippen molar-refractivity contribution in [2.45, 2.75) is 12.6 Å². The van der Waals surface area contributed by atoms with Crippen LogP contribution >= 0.6 is 11.6 Å². The number of benzene rings is 2. The number of halogens is 1. The molecule has 0 fully saturated rings. The zero-order valence-electron chi connectivity index (χ0n) is 20.0. The van der Waals surface area contributed by atoms with Crippen LogP contribution in [0.5, 0.6) is 11.6 Å². The Kier molecular flexibility index (Phi) is 8.36. The molecule has 0 saturated heterocycles. The van der Waals surface area contributed by atoms with Gasteiger partial charge in [0.1, 0.15) is 17.6 Å². The normalized spacial score (nSPS) is 12.1. The second-order valence-corrected chi connectivity index (χ2v) is 8.26. The van der Waals surface area contributed by atoms with Crippen molar-refractivity contribution in [2.24, 2.45) is 4.99 Å². The van der Waals surface area contributed by atoms with Gasteiger partial charge in [-0.3, -0.25) is 14.2 Å². The van der Waals surface area contributed by atoms with E-state index in [1.54, 1.807) is 54.6 Å². The van der Waals surface area contributed by atoms with Crippen LogP contribution in [-0.2, 0) is 16.1 Å². The van der Waals surface area contributed by atoms with Crippen LogP contribution < -0.4 is 21.2 Å². The number of esters is 1. The summed E-state index contributed by atoms with van der Waals surface area (Å²) in [4.78, 5) is 45.4. The summed E-state index contributed by atoms with van der Waals surface area (Å²) in [5, 5.41) is 15.9. The Morgan fingerprint density at radius 2 is 1.92 bits per heavy atom. The van der Waals surface area contributed by atoms with Crippen LogP contribution in [0.25, 0.3) is 0 Å². The summed E-state index contributed by atoms with van der Waals surface area (Å²) in [6.07, 6.45) is 2.57. The van der Waals surface area contributed by atoms with Crippen molar-refractivity contribution in [3.63, 3.8) is 0 Å². The lowest BCUT2D eigenvalue weighted by molar-refractivity contribution is -0.143. The number of aromatic amines is 1. The van der Waals surface area contributed by atoms with E-state index in [2.05, 4.69) is 25.2 Å². The molecule has 0 unspecified atom stereocenters. The van der Waals surface area contributed by atoms with Crippen molar-refractivity contribution in [1.29, 1.82) is 0 Å². The van der Waals surface area contributed by atoms with E-state index in [9.17, 15) is 19.5 Å². The Morgan fingerprint density at radius 1 is 1.18 bits per heavy atom. The molecule has 1 amide bonds. The predicted octanol–water partition coefficient (Wildman–Crippen LogP) is 2.15.